The number of hydrogen-bond acceptors (Lipinski definition) is 19. The molecule has 28 nitrogen and oxygen atoms in total. The van der Waals surface area contributed by atoms with Crippen LogP contribution in [0.4, 0.5) is 8.78 Å². The first-order valence-corrected chi connectivity index (χ1v) is 30.9. The van der Waals surface area contributed by atoms with Crippen LogP contribution in [0.2, 0.25) is 0 Å². The Morgan fingerprint density at radius 3 is 1.90 bits per heavy atom. The van der Waals surface area contributed by atoms with Crippen molar-refractivity contribution >= 4 is 76.4 Å². The number of rotatable bonds is 31. The Labute approximate surface area is 532 Å². The minimum Gasteiger partial charge on any atom is -0.494 e. The molecule has 3 aliphatic heterocycles. The van der Waals surface area contributed by atoms with E-state index >= 15 is 0 Å². The average molecular weight is 1290 g/mol. The molecule has 3 aromatic rings. The van der Waals surface area contributed by atoms with Crippen LogP contribution in [0, 0.1) is 6.92 Å². The maximum Gasteiger partial charge on any atom is 0.317 e. The Morgan fingerprint density at radius 1 is 0.717 bits per heavy atom. The fourth-order valence-electron chi connectivity index (χ4n) is 11.1. The summed E-state index contributed by atoms with van der Waals surface area (Å²) in [7, 11) is 2.57. The summed E-state index contributed by atoms with van der Waals surface area (Å²) in [5.41, 5.74) is 2.90. The Kier molecular flexibility index (Phi) is 29.0. The number of piperazine rings is 1. The lowest BCUT2D eigenvalue weighted by molar-refractivity contribution is -0.147. The molecule has 2 aromatic carbocycles. The summed E-state index contributed by atoms with van der Waals surface area (Å²) < 4.78 is 39.4. The molecule has 6 rings (SSSR count). The maximum atomic E-state index is 14.5. The highest BCUT2D eigenvalue weighted by atomic mass is 19.3. The van der Waals surface area contributed by atoms with Crippen molar-refractivity contribution in [3.63, 3.8) is 0 Å². The Hall–Kier alpha value is -8.32. The molecule has 3 atom stereocenters. The number of nitrogens with one attached hydrogen (secondary N) is 4. The summed E-state index contributed by atoms with van der Waals surface area (Å²) in [6.45, 7) is 2.74. The Balaban J connectivity index is 1.06. The molecule has 0 aliphatic carbocycles. The van der Waals surface area contributed by atoms with Gasteiger partial charge in [0, 0.05) is 129 Å². The molecular formula is C62H87F2N13O15. The van der Waals surface area contributed by atoms with Crippen LogP contribution in [0.1, 0.15) is 66.4 Å². The van der Waals surface area contributed by atoms with Crippen molar-refractivity contribution in [3.8, 4) is 5.75 Å². The minimum atomic E-state index is -3.08. The summed E-state index contributed by atoms with van der Waals surface area (Å²) in [6, 6.07) is 11.0. The van der Waals surface area contributed by atoms with Gasteiger partial charge in [0.05, 0.1) is 76.5 Å². The van der Waals surface area contributed by atoms with Crippen molar-refractivity contribution in [2.45, 2.75) is 82.3 Å². The molecular weight excluding hydrogens is 1200 g/mol. The predicted molar refractivity (Wildman–Crippen MR) is 332 cm³/mol. The highest BCUT2D eigenvalue weighted by Gasteiger charge is 2.46. The number of amides is 6. The van der Waals surface area contributed by atoms with Crippen molar-refractivity contribution in [2.24, 2.45) is 4.99 Å². The fraction of sp³-hybridized carbons (Fsp3) is 0.581. The monoisotopic (exact) mass is 1290 g/mol. The largest absolute Gasteiger partial charge is 0.494 e. The van der Waals surface area contributed by atoms with E-state index in [1.165, 1.54) is 30.4 Å². The third-order valence-corrected chi connectivity index (χ3v) is 16.1. The number of esters is 1. The van der Waals surface area contributed by atoms with Crippen molar-refractivity contribution in [1.29, 1.82) is 0 Å². The number of carboxylic acid groups (broad SMARTS) is 3. The van der Waals surface area contributed by atoms with Crippen molar-refractivity contribution in [3.05, 3.63) is 71.4 Å². The van der Waals surface area contributed by atoms with Gasteiger partial charge in [-0.25, -0.2) is 8.78 Å². The lowest BCUT2D eigenvalue weighted by Crippen LogP contribution is -2.58. The van der Waals surface area contributed by atoms with Crippen molar-refractivity contribution < 1.29 is 81.5 Å². The van der Waals surface area contributed by atoms with E-state index in [-0.39, 0.29) is 136 Å². The number of nitrogens with zero attached hydrogens (tertiary/aromatic N) is 9. The van der Waals surface area contributed by atoms with E-state index in [2.05, 4.69) is 36.1 Å². The van der Waals surface area contributed by atoms with Gasteiger partial charge in [-0.3, -0.25) is 82.4 Å². The van der Waals surface area contributed by atoms with Crippen LogP contribution in [0.15, 0.2) is 59.7 Å². The number of likely N-dealkylation sites (tertiary alicyclic amines) is 1. The number of aryl methyl sites for hydroxylation is 2. The smallest absolute Gasteiger partial charge is 0.317 e. The van der Waals surface area contributed by atoms with Gasteiger partial charge < -0.3 is 55.9 Å². The normalized spacial score (nSPS) is 18.0. The van der Waals surface area contributed by atoms with Crippen LogP contribution in [-0.4, -0.2) is 296 Å². The molecule has 6 amide bonds. The molecule has 7 N–H and O–H groups in total. The minimum absolute atomic E-state index is 0.0155. The van der Waals surface area contributed by atoms with Gasteiger partial charge in [-0.2, -0.15) is 0 Å². The van der Waals surface area contributed by atoms with Gasteiger partial charge in [0.25, 0.3) is 11.8 Å². The second kappa shape index (κ2) is 36.7. The highest BCUT2D eigenvalue weighted by Crippen LogP contribution is 2.31. The second-order valence-corrected chi connectivity index (χ2v) is 23.2. The zero-order chi connectivity index (χ0) is 66.7. The van der Waals surface area contributed by atoms with Crippen LogP contribution in [0.25, 0.3) is 10.9 Å². The lowest BCUT2D eigenvalue weighted by Gasteiger charge is -2.36. The molecule has 92 heavy (non-hydrogen) atoms. The van der Waals surface area contributed by atoms with E-state index in [1.807, 2.05) is 31.2 Å². The third-order valence-electron chi connectivity index (χ3n) is 16.1. The number of pyridine rings is 1. The van der Waals surface area contributed by atoms with Gasteiger partial charge in [0.2, 0.25) is 29.5 Å². The molecule has 0 radical (unpaired) electrons. The molecule has 3 fully saturated rings. The predicted octanol–water partition coefficient (Wildman–Crippen LogP) is 0.0503. The van der Waals surface area contributed by atoms with E-state index in [1.54, 1.807) is 37.8 Å². The summed E-state index contributed by atoms with van der Waals surface area (Å²) in [6.07, 6.45) is 3.92. The van der Waals surface area contributed by atoms with Gasteiger partial charge in [0.1, 0.15) is 17.8 Å². The molecule has 0 bridgehead atoms. The van der Waals surface area contributed by atoms with E-state index in [0.717, 1.165) is 23.1 Å². The number of hydrogen-bond donors (Lipinski definition) is 7. The number of aliphatic carboxylic acids is 3. The first-order chi connectivity index (χ1) is 44.0. The number of aromatic nitrogens is 1. The standard InChI is InChI=1S/C62H87F2N13O15/c1-43-10-12-44(13-11-43)7-4-9-52(78)67-17-5-8-50(69-53(79)38-72-20-22-73(39-55(81)82)24-26-75(41-57(85)86)27-25-74(23-21-72)40-56(83)84)60(89)70-51(34-58(87)91-3)61(90)76-30-28-71(29-31-76)19-6-32-92-46-14-15-49-48(33-46)47(16-18-66-49)59(88)68-37-54(80)77-42-62(63,64)35-45(77)36-65-2/h10-16,18,33,36,45,50-51H,4-9,17,19-32,34-35,37-42H2,1-3H3,(H,67,78)(H,68,88)(H,69,79)(H,70,89)(H,81,82)(H,83,84)(H,85,86)/t45-,50+,51+/m1/s1. The highest BCUT2D eigenvalue weighted by molar-refractivity contribution is 6.07. The number of benzene rings is 2. The van der Waals surface area contributed by atoms with Gasteiger partial charge in [-0.05, 0) is 68.9 Å². The number of halogens is 2. The Bertz CT molecular complexity index is 3010. The van der Waals surface area contributed by atoms with E-state index < -0.39 is 103 Å². The first-order valence-electron chi connectivity index (χ1n) is 30.9. The summed E-state index contributed by atoms with van der Waals surface area (Å²) in [5.74, 6) is -10.2. The molecule has 1 aromatic heterocycles. The number of carbonyl (C=O) groups is 10. The van der Waals surface area contributed by atoms with Gasteiger partial charge >= 0.3 is 23.9 Å². The van der Waals surface area contributed by atoms with Crippen LogP contribution in [0.3, 0.4) is 0 Å². The third kappa shape index (κ3) is 24.7. The number of fused-ring (bicyclic) bond motifs is 1. The molecule has 4 heterocycles. The van der Waals surface area contributed by atoms with Gasteiger partial charge in [-0.15, -0.1) is 0 Å². The molecule has 30 heteroatoms. The van der Waals surface area contributed by atoms with E-state index in [0.29, 0.717) is 55.5 Å². The number of carboxylic acids is 3. The van der Waals surface area contributed by atoms with Crippen LogP contribution in [-0.2, 0) is 54.3 Å². The van der Waals surface area contributed by atoms with Crippen LogP contribution < -0.4 is 26.0 Å². The number of alkyl halides is 2. The zero-order valence-corrected chi connectivity index (χ0v) is 52.5. The van der Waals surface area contributed by atoms with E-state index in [4.69, 9.17) is 9.47 Å². The topological polar surface area (TPSA) is 346 Å². The van der Waals surface area contributed by atoms with Crippen LogP contribution in [0.5, 0.6) is 5.75 Å². The molecule has 0 unspecified atom stereocenters. The number of carbonyl (C=O) groups excluding carboxylic acids is 7. The molecule has 3 aliphatic rings. The molecule has 0 spiro atoms. The number of ether oxygens (including phenoxy) is 2. The van der Waals surface area contributed by atoms with Gasteiger partial charge in [0.15, 0.2) is 0 Å². The number of aliphatic imine (C=N–C) groups is 1. The van der Waals surface area contributed by atoms with E-state index in [9.17, 15) is 72.0 Å². The molecule has 3 saturated heterocycles. The van der Waals surface area contributed by atoms with Gasteiger partial charge in [-0.1, -0.05) is 29.8 Å². The molecule has 0 saturated carbocycles. The lowest BCUT2D eigenvalue weighted by atomic mass is 10.1. The first kappa shape index (κ1) is 72.7. The second-order valence-electron chi connectivity index (χ2n) is 23.2. The SMILES string of the molecule is CN=C[C@H]1CC(F)(F)CN1C(=O)CNC(=O)c1ccnc2ccc(OCCCN3CCN(C(=O)[C@H](CC(=O)OC)NC(=O)[C@H](CCCNC(=O)CCCc4ccc(C)cc4)NC(=O)CN4CCN(CC(=O)O)CCN(CC(=O)O)CCN(CC(=O)O)CC4)CC3)cc12. The van der Waals surface area contributed by atoms with Crippen LogP contribution >= 0.6 is 0 Å². The average Bonchev–Trinajstić information content (AvgIpc) is 1.26. The quantitative estimate of drug-likeness (QED) is 0.0254. The fourth-order valence-corrected chi connectivity index (χ4v) is 11.1. The maximum absolute atomic E-state index is 14.5. The summed E-state index contributed by atoms with van der Waals surface area (Å²) in [5, 5.41) is 40.3. The van der Waals surface area contributed by atoms with Crippen molar-refractivity contribution in [2.75, 3.05) is 152 Å². The van der Waals surface area contributed by atoms with Crippen molar-refractivity contribution in [1.82, 2.24) is 60.6 Å². The summed E-state index contributed by atoms with van der Waals surface area (Å²) in [4.78, 5) is 150. The molecule has 504 valence electrons. The number of methoxy groups -OCH3 is 1. The summed E-state index contributed by atoms with van der Waals surface area (Å²) >= 11 is 0. The Morgan fingerprint density at radius 2 is 1.32 bits per heavy atom. The zero-order valence-electron chi connectivity index (χ0n) is 52.5.